The van der Waals surface area contributed by atoms with Crippen LogP contribution < -0.4 is 5.32 Å². The third-order valence-corrected chi connectivity index (χ3v) is 7.20. The first-order valence-corrected chi connectivity index (χ1v) is 12.4. The molecule has 2 aromatic carbocycles. The number of carbonyl (C=O) groups excluding carboxylic acids is 1. The van der Waals surface area contributed by atoms with E-state index in [0.29, 0.717) is 31.2 Å². The molecule has 0 bridgehead atoms. The number of anilines is 1. The van der Waals surface area contributed by atoms with Crippen LogP contribution in [0.25, 0.3) is 10.4 Å². The molecule has 172 valence electrons. The topological polar surface area (TPSA) is 71.0 Å². The van der Waals surface area contributed by atoms with Gasteiger partial charge in [0.15, 0.2) is 0 Å². The van der Waals surface area contributed by atoms with Crippen LogP contribution >= 0.6 is 27.3 Å². The van der Waals surface area contributed by atoms with Gasteiger partial charge in [-0.1, -0.05) is 36.4 Å². The Hall–Kier alpha value is -3.17. The second-order valence-electron chi connectivity index (χ2n) is 8.08. The average Bonchev–Trinajstić information content (AvgIpc) is 3.24. The van der Waals surface area contributed by atoms with E-state index < -0.39 is 0 Å². The summed E-state index contributed by atoms with van der Waals surface area (Å²) in [6.45, 7) is 2.86. The Morgan fingerprint density at radius 2 is 1.85 bits per heavy atom. The standard InChI is InChI=1S/C25H21BrFN5OS/c1-15-31-22(23(34-15)16-6-8-20(27)9-7-16)24(33)32-14-18-5-3-2-4-17(18)10-21(32)13-30-25-28-11-19(26)12-29-25/h2-9,11-12,21H,10,13-14H2,1H3,(H,28,29,30). The minimum absolute atomic E-state index is 0.113. The van der Waals surface area contributed by atoms with Gasteiger partial charge >= 0.3 is 0 Å². The van der Waals surface area contributed by atoms with Gasteiger partial charge in [0.25, 0.3) is 5.91 Å². The molecule has 4 aromatic rings. The van der Waals surface area contributed by atoms with Gasteiger partial charge in [-0.2, -0.15) is 0 Å². The van der Waals surface area contributed by atoms with Gasteiger partial charge in [0, 0.05) is 25.5 Å². The Balaban J connectivity index is 1.46. The summed E-state index contributed by atoms with van der Waals surface area (Å²) in [4.78, 5) is 29.7. The van der Waals surface area contributed by atoms with E-state index in [1.54, 1.807) is 24.5 Å². The minimum Gasteiger partial charge on any atom is -0.352 e. The van der Waals surface area contributed by atoms with Crippen molar-refractivity contribution in [3.05, 3.63) is 93.0 Å². The first-order valence-electron chi connectivity index (χ1n) is 10.8. The number of aromatic nitrogens is 3. The SMILES string of the molecule is Cc1nc(C(=O)N2Cc3ccccc3CC2CNc2ncc(Br)cn2)c(-c2ccc(F)cc2)s1. The van der Waals surface area contributed by atoms with E-state index in [9.17, 15) is 9.18 Å². The number of carbonyl (C=O) groups is 1. The molecule has 5 rings (SSSR count). The summed E-state index contributed by atoms with van der Waals surface area (Å²) in [7, 11) is 0. The molecule has 1 atom stereocenters. The van der Waals surface area contributed by atoms with Gasteiger partial charge in [-0.25, -0.2) is 19.3 Å². The lowest BCUT2D eigenvalue weighted by Gasteiger charge is -2.37. The van der Waals surface area contributed by atoms with E-state index >= 15 is 0 Å². The molecule has 34 heavy (non-hydrogen) atoms. The zero-order valence-corrected chi connectivity index (χ0v) is 20.7. The summed E-state index contributed by atoms with van der Waals surface area (Å²) in [6.07, 6.45) is 4.07. The number of hydrogen-bond donors (Lipinski definition) is 1. The molecule has 0 saturated carbocycles. The highest BCUT2D eigenvalue weighted by Crippen LogP contribution is 2.33. The number of nitrogens with zero attached hydrogens (tertiary/aromatic N) is 4. The largest absolute Gasteiger partial charge is 0.352 e. The molecular weight excluding hydrogens is 517 g/mol. The zero-order valence-electron chi connectivity index (χ0n) is 18.3. The summed E-state index contributed by atoms with van der Waals surface area (Å²) < 4.78 is 14.3. The van der Waals surface area contributed by atoms with Crippen molar-refractivity contribution in [2.24, 2.45) is 0 Å². The van der Waals surface area contributed by atoms with Gasteiger partial charge < -0.3 is 10.2 Å². The number of hydrogen-bond acceptors (Lipinski definition) is 6. The van der Waals surface area contributed by atoms with Gasteiger partial charge in [-0.05, 0) is 58.1 Å². The summed E-state index contributed by atoms with van der Waals surface area (Å²) >= 11 is 4.79. The molecular formula is C25H21BrFN5OS. The molecule has 0 spiro atoms. The molecule has 2 aromatic heterocycles. The van der Waals surface area contributed by atoms with E-state index in [1.807, 2.05) is 24.0 Å². The third kappa shape index (κ3) is 4.71. The maximum Gasteiger partial charge on any atom is 0.274 e. The van der Waals surface area contributed by atoms with E-state index in [-0.39, 0.29) is 17.8 Å². The average molecular weight is 538 g/mol. The van der Waals surface area contributed by atoms with Crippen LogP contribution in [0.1, 0.15) is 26.6 Å². The lowest BCUT2D eigenvalue weighted by atomic mass is 9.93. The lowest BCUT2D eigenvalue weighted by Crippen LogP contribution is -2.48. The second-order valence-corrected chi connectivity index (χ2v) is 10.2. The smallest absolute Gasteiger partial charge is 0.274 e. The maximum atomic E-state index is 13.9. The van der Waals surface area contributed by atoms with Crippen LogP contribution in [0.15, 0.2) is 65.4 Å². The summed E-state index contributed by atoms with van der Waals surface area (Å²) in [5.41, 5.74) is 3.54. The van der Waals surface area contributed by atoms with Crippen LogP contribution in [0.3, 0.4) is 0 Å². The van der Waals surface area contributed by atoms with Gasteiger partial charge in [-0.15, -0.1) is 11.3 Å². The van der Waals surface area contributed by atoms with Crippen LogP contribution in [-0.4, -0.2) is 38.3 Å². The van der Waals surface area contributed by atoms with Crippen molar-refractivity contribution >= 4 is 39.1 Å². The van der Waals surface area contributed by atoms with E-state index in [1.165, 1.54) is 29.0 Å². The number of rotatable bonds is 5. The Morgan fingerprint density at radius 1 is 1.15 bits per heavy atom. The number of aryl methyl sites for hydroxylation is 1. The molecule has 6 nitrogen and oxygen atoms in total. The first kappa shape index (κ1) is 22.6. The van der Waals surface area contributed by atoms with Crippen LogP contribution in [0.5, 0.6) is 0 Å². The predicted molar refractivity (Wildman–Crippen MR) is 134 cm³/mol. The van der Waals surface area contributed by atoms with Crippen molar-refractivity contribution in [3.63, 3.8) is 0 Å². The van der Waals surface area contributed by atoms with E-state index in [0.717, 1.165) is 25.5 Å². The molecule has 0 aliphatic carbocycles. The zero-order chi connectivity index (χ0) is 23.7. The number of thiazole rings is 1. The van der Waals surface area contributed by atoms with Crippen molar-refractivity contribution in [1.29, 1.82) is 0 Å². The van der Waals surface area contributed by atoms with Crippen LogP contribution in [0, 0.1) is 12.7 Å². The number of benzene rings is 2. The molecule has 1 amide bonds. The van der Waals surface area contributed by atoms with Crippen molar-refractivity contribution in [1.82, 2.24) is 19.9 Å². The van der Waals surface area contributed by atoms with Crippen LogP contribution in [-0.2, 0) is 13.0 Å². The molecule has 1 N–H and O–H groups in total. The lowest BCUT2D eigenvalue weighted by molar-refractivity contribution is 0.0647. The molecule has 1 aliphatic rings. The summed E-state index contributed by atoms with van der Waals surface area (Å²) in [5, 5.41) is 4.06. The molecule has 3 heterocycles. The minimum atomic E-state index is -0.313. The monoisotopic (exact) mass is 537 g/mol. The number of fused-ring (bicyclic) bond motifs is 1. The highest BCUT2D eigenvalue weighted by atomic mass is 79.9. The van der Waals surface area contributed by atoms with Gasteiger partial charge in [0.2, 0.25) is 5.95 Å². The third-order valence-electron chi connectivity index (χ3n) is 5.78. The van der Waals surface area contributed by atoms with Crippen molar-refractivity contribution in [2.75, 3.05) is 11.9 Å². The van der Waals surface area contributed by atoms with Gasteiger partial charge in [0.05, 0.1) is 20.4 Å². The number of amides is 1. The highest BCUT2D eigenvalue weighted by Gasteiger charge is 2.33. The summed E-state index contributed by atoms with van der Waals surface area (Å²) in [6, 6.07) is 14.3. The molecule has 0 saturated heterocycles. The van der Waals surface area contributed by atoms with E-state index in [4.69, 9.17) is 0 Å². The van der Waals surface area contributed by atoms with Gasteiger partial charge in [-0.3, -0.25) is 4.79 Å². The number of nitrogens with one attached hydrogen (secondary N) is 1. The van der Waals surface area contributed by atoms with Crippen molar-refractivity contribution in [2.45, 2.75) is 25.9 Å². The fourth-order valence-corrected chi connectivity index (χ4v) is 5.25. The van der Waals surface area contributed by atoms with Crippen molar-refractivity contribution < 1.29 is 9.18 Å². The molecule has 0 radical (unpaired) electrons. The Labute approximate surface area is 209 Å². The predicted octanol–water partition coefficient (Wildman–Crippen LogP) is 5.49. The molecule has 1 aliphatic heterocycles. The normalized spacial score (nSPS) is 15.1. The fraction of sp³-hybridized carbons (Fsp3) is 0.200. The van der Waals surface area contributed by atoms with E-state index in [2.05, 4.69) is 48.3 Å². The second kappa shape index (κ2) is 9.60. The Morgan fingerprint density at radius 3 is 2.59 bits per heavy atom. The van der Waals surface area contributed by atoms with Crippen molar-refractivity contribution in [3.8, 4) is 10.4 Å². The molecule has 9 heteroatoms. The van der Waals surface area contributed by atoms with Crippen LogP contribution in [0.4, 0.5) is 10.3 Å². The highest BCUT2D eigenvalue weighted by molar-refractivity contribution is 9.10. The van der Waals surface area contributed by atoms with Gasteiger partial charge in [0.1, 0.15) is 11.5 Å². The Kier molecular flexibility index (Phi) is 6.38. The van der Waals surface area contributed by atoms with Crippen LogP contribution in [0.2, 0.25) is 0 Å². The Bertz CT molecular complexity index is 1330. The first-order chi connectivity index (χ1) is 16.5. The fourth-order valence-electron chi connectivity index (χ4n) is 4.13. The maximum absolute atomic E-state index is 13.9. The molecule has 0 fully saturated rings. The summed E-state index contributed by atoms with van der Waals surface area (Å²) in [5.74, 6) is 0.0551. The number of halogens is 2. The molecule has 1 unspecified atom stereocenters. The quantitative estimate of drug-likeness (QED) is 0.364.